The second-order valence-electron chi connectivity index (χ2n) is 4.25. The molecule has 0 aromatic heterocycles. The summed E-state index contributed by atoms with van der Waals surface area (Å²) in [5.74, 6) is 1.01. The molecule has 78 valence electrons. The van der Waals surface area contributed by atoms with Gasteiger partial charge in [0.2, 0.25) is 0 Å². The molecule has 0 aromatic rings. The van der Waals surface area contributed by atoms with E-state index in [1.165, 1.54) is 17.6 Å². The van der Waals surface area contributed by atoms with Crippen LogP contribution in [-0.4, -0.2) is 5.78 Å². The van der Waals surface area contributed by atoms with Gasteiger partial charge >= 0.3 is 0 Å². The lowest BCUT2D eigenvalue weighted by molar-refractivity contribution is -0.118. The molecule has 1 aliphatic carbocycles. The number of hydrogen-bond acceptors (Lipinski definition) is 1. The maximum atomic E-state index is 11.2. The third kappa shape index (κ3) is 3.13. The summed E-state index contributed by atoms with van der Waals surface area (Å²) in [7, 11) is 0. The number of hydrogen-bond donors (Lipinski definition) is 0. The van der Waals surface area contributed by atoms with E-state index in [-0.39, 0.29) is 0 Å². The smallest absolute Gasteiger partial charge is 0.136 e. The first-order valence-electron chi connectivity index (χ1n) is 5.48. The van der Waals surface area contributed by atoms with Gasteiger partial charge in [0.25, 0.3) is 0 Å². The molecule has 0 amide bonds. The van der Waals surface area contributed by atoms with Gasteiger partial charge in [-0.1, -0.05) is 30.7 Å². The Labute approximate surface area is 86.9 Å². The molecular formula is C13H20O. The SMILES string of the molecule is C=C(C)C1CC=C(CC(=O)CC)CC1. The monoisotopic (exact) mass is 192 g/mol. The average Bonchev–Trinajstić information content (AvgIpc) is 2.18. The van der Waals surface area contributed by atoms with Gasteiger partial charge in [0.1, 0.15) is 5.78 Å². The maximum absolute atomic E-state index is 11.2. The average molecular weight is 192 g/mol. The molecule has 1 rings (SSSR count). The fourth-order valence-corrected chi connectivity index (χ4v) is 1.87. The van der Waals surface area contributed by atoms with Crippen molar-refractivity contribution in [2.75, 3.05) is 0 Å². The first-order valence-corrected chi connectivity index (χ1v) is 5.48. The topological polar surface area (TPSA) is 17.1 Å². The minimum atomic E-state index is 0.366. The van der Waals surface area contributed by atoms with Gasteiger partial charge in [0, 0.05) is 12.8 Å². The van der Waals surface area contributed by atoms with Gasteiger partial charge in [0.15, 0.2) is 0 Å². The van der Waals surface area contributed by atoms with Crippen LogP contribution in [0.15, 0.2) is 23.8 Å². The molecule has 0 aromatic carbocycles. The Morgan fingerprint density at radius 1 is 1.64 bits per heavy atom. The van der Waals surface area contributed by atoms with Crippen LogP contribution < -0.4 is 0 Å². The summed E-state index contributed by atoms with van der Waals surface area (Å²) in [4.78, 5) is 11.2. The molecule has 0 saturated carbocycles. The lowest BCUT2D eigenvalue weighted by atomic mass is 9.84. The van der Waals surface area contributed by atoms with Gasteiger partial charge in [-0.25, -0.2) is 0 Å². The molecule has 1 atom stereocenters. The lowest BCUT2D eigenvalue weighted by Crippen LogP contribution is -2.08. The Balaban J connectivity index is 2.45. The molecule has 1 nitrogen and oxygen atoms in total. The van der Waals surface area contributed by atoms with E-state index in [2.05, 4.69) is 19.6 Å². The highest BCUT2D eigenvalue weighted by molar-refractivity contribution is 5.80. The number of allylic oxidation sites excluding steroid dienone is 3. The van der Waals surface area contributed by atoms with Gasteiger partial charge in [0.05, 0.1) is 0 Å². The van der Waals surface area contributed by atoms with Crippen LogP contribution in [0.2, 0.25) is 0 Å². The first-order chi connectivity index (χ1) is 6.63. The zero-order valence-corrected chi connectivity index (χ0v) is 9.31. The van der Waals surface area contributed by atoms with Crippen molar-refractivity contribution in [2.45, 2.75) is 46.0 Å². The van der Waals surface area contributed by atoms with Crippen molar-refractivity contribution in [1.82, 2.24) is 0 Å². The summed E-state index contributed by atoms with van der Waals surface area (Å²) in [6.45, 7) is 8.02. The van der Waals surface area contributed by atoms with Gasteiger partial charge in [-0.2, -0.15) is 0 Å². The summed E-state index contributed by atoms with van der Waals surface area (Å²) >= 11 is 0. The van der Waals surface area contributed by atoms with Gasteiger partial charge < -0.3 is 0 Å². The minimum Gasteiger partial charge on any atom is -0.299 e. The number of rotatable bonds is 4. The molecular weight excluding hydrogens is 172 g/mol. The molecule has 0 heterocycles. The number of carbonyl (C=O) groups is 1. The Morgan fingerprint density at radius 3 is 2.79 bits per heavy atom. The van der Waals surface area contributed by atoms with E-state index in [1.54, 1.807) is 0 Å². The molecule has 0 aliphatic heterocycles. The normalized spacial score (nSPS) is 21.6. The van der Waals surface area contributed by atoms with E-state index in [0.717, 1.165) is 12.8 Å². The van der Waals surface area contributed by atoms with Crippen LogP contribution >= 0.6 is 0 Å². The van der Waals surface area contributed by atoms with Crippen molar-refractivity contribution in [2.24, 2.45) is 5.92 Å². The van der Waals surface area contributed by atoms with E-state index in [4.69, 9.17) is 0 Å². The van der Waals surface area contributed by atoms with Crippen molar-refractivity contribution >= 4 is 5.78 Å². The lowest BCUT2D eigenvalue weighted by Gasteiger charge is -2.21. The van der Waals surface area contributed by atoms with Crippen LogP contribution in [0.1, 0.15) is 46.0 Å². The second-order valence-corrected chi connectivity index (χ2v) is 4.25. The van der Waals surface area contributed by atoms with Gasteiger partial charge in [-0.05, 0) is 32.1 Å². The van der Waals surface area contributed by atoms with Crippen molar-refractivity contribution in [3.63, 3.8) is 0 Å². The molecule has 0 spiro atoms. The molecule has 0 bridgehead atoms. The molecule has 0 radical (unpaired) electrons. The molecule has 1 unspecified atom stereocenters. The van der Waals surface area contributed by atoms with Crippen LogP contribution in [0.5, 0.6) is 0 Å². The summed E-state index contributed by atoms with van der Waals surface area (Å²) in [5.41, 5.74) is 2.62. The predicted octanol–water partition coefficient (Wildman–Crippen LogP) is 3.66. The van der Waals surface area contributed by atoms with Crippen LogP contribution in [-0.2, 0) is 4.79 Å². The molecule has 0 fully saturated rings. The number of ketones is 1. The second kappa shape index (κ2) is 5.14. The van der Waals surface area contributed by atoms with E-state index in [9.17, 15) is 4.79 Å². The zero-order valence-electron chi connectivity index (χ0n) is 9.31. The van der Waals surface area contributed by atoms with Gasteiger partial charge in [-0.3, -0.25) is 4.79 Å². The molecule has 1 aliphatic rings. The highest BCUT2D eigenvalue weighted by atomic mass is 16.1. The van der Waals surface area contributed by atoms with E-state index >= 15 is 0 Å². The number of carbonyl (C=O) groups excluding carboxylic acids is 1. The minimum absolute atomic E-state index is 0.366. The van der Waals surface area contributed by atoms with E-state index in [0.29, 0.717) is 24.5 Å². The summed E-state index contributed by atoms with van der Waals surface area (Å²) in [5, 5.41) is 0. The van der Waals surface area contributed by atoms with Crippen molar-refractivity contribution in [3.8, 4) is 0 Å². The Morgan fingerprint density at radius 2 is 2.36 bits per heavy atom. The van der Waals surface area contributed by atoms with E-state index < -0.39 is 0 Å². The summed E-state index contributed by atoms with van der Waals surface area (Å²) < 4.78 is 0. The molecule has 0 saturated heterocycles. The Bertz CT molecular complexity index is 260. The highest BCUT2D eigenvalue weighted by Gasteiger charge is 2.15. The predicted molar refractivity (Wildman–Crippen MR) is 60.2 cm³/mol. The Hall–Kier alpha value is -0.850. The van der Waals surface area contributed by atoms with Crippen molar-refractivity contribution < 1.29 is 4.79 Å². The van der Waals surface area contributed by atoms with Crippen molar-refractivity contribution in [1.29, 1.82) is 0 Å². The third-order valence-corrected chi connectivity index (χ3v) is 3.02. The van der Waals surface area contributed by atoms with Gasteiger partial charge in [-0.15, -0.1) is 0 Å². The van der Waals surface area contributed by atoms with E-state index in [1.807, 2.05) is 6.92 Å². The third-order valence-electron chi connectivity index (χ3n) is 3.02. The van der Waals surface area contributed by atoms with Crippen LogP contribution in [0.25, 0.3) is 0 Å². The molecule has 0 N–H and O–H groups in total. The standard InChI is InChI=1S/C13H20O/c1-4-13(14)9-11-5-7-12(8-6-11)10(2)3/h5,12H,2,4,6-9H2,1,3H3. The quantitative estimate of drug-likeness (QED) is 0.621. The maximum Gasteiger partial charge on any atom is 0.136 e. The van der Waals surface area contributed by atoms with Crippen LogP contribution in [0.3, 0.4) is 0 Å². The zero-order chi connectivity index (χ0) is 10.6. The fourth-order valence-electron chi connectivity index (χ4n) is 1.87. The largest absolute Gasteiger partial charge is 0.299 e. The molecule has 1 heteroatoms. The summed E-state index contributed by atoms with van der Waals surface area (Å²) in [6, 6.07) is 0. The number of Topliss-reactive ketones (excluding diaryl/α,β-unsaturated/α-hetero) is 1. The van der Waals surface area contributed by atoms with Crippen molar-refractivity contribution in [3.05, 3.63) is 23.8 Å². The fraction of sp³-hybridized carbons (Fsp3) is 0.615. The summed E-state index contributed by atoms with van der Waals surface area (Å²) in [6.07, 6.45) is 6.94. The Kier molecular flexibility index (Phi) is 4.12. The first kappa shape index (κ1) is 11.2. The highest BCUT2D eigenvalue weighted by Crippen LogP contribution is 2.29. The van der Waals surface area contributed by atoms with Crippen LogP contribution in [0, 0.1) is 5.92 Å². The molecule has 14 heavy (non-hydrogen) atoms. The van der Waals surface area contributed by atoms with Crippen LogP contribution in [0.4, 0.5) is 0 Å².